The monoisotopic (exact) mass is 394 g/mol. The minimum Gasteiger partial charge on any atom is -0.456 e. The van der Waals surface area contributed by atoms with Gasteiger partial charge in [0, 0.05) is 12.6 Å². The van der Waals surface area contributed by atoms with Crippen molar-refractivity contribution in [1.82, 2.24) is 0 Å². The van der Waals surface area contributed by atoms with E-state index in [9.17, 15) is 13.2 Å². The number of nitrogens with two attached hydrogens (primary N) is 1. The molecule has 2 N–H and O–H groups in total. The van der Waals surface area contributed by atoms with Crippen LogP contribution in [0.3, 0.4) is 0 Å². The van der Waals surface area contributed by atoms with Crippen molar-refractivity contribution in [2.24, 2.45) is 5.92 Å². The number of hydrogen-bond donors (Lipinski definition) is 1. The van der Waals surface area contributed by atoms with Crippen molar-refractivity contribution in [3.8, 4) is 0 Å². The van der Waals surface area contributed by atoms with Crippen molar-refractivity contribution in [2.75, 3.05) is 28.7 Å². The summed E-state index contributed by atoms with van der Waals surface area (Å²) in [7, 11) is -2.91. The Kier molecular flexibility index (Phi) is 5.70. The Morgan fingerprint density at radius 2 is 1.96 bits per heavy atom. The molecule has 6 nitrogen and oxygen atoms in total. The molecule has 150 valence electrons. The van der Waals surface area contributed by atoms with Crippen LogP contribution in [0.25, 0.3) is 0 Å². The summed E-state index contributed by atoms with van der Waals surface area (Å²) in [5.74, 6) is 0.903. The van der Waals surface area contributed by atoms with E-state index in [1.807, 2.05) is 18.2 Å². The Hall–Kier alpha value is -1.76. The fourth-order valence-corrected chi connectivity index (χ4v) is 5.66. The maximum Gasteiger partial charge on any atom is 0.293 e. The molecule has 1 heterocycles. The summed E-state index contributed by atoms with van der Waals surface area (Å²) < 4.78 is 29.0. The predicted octanol–water partition coefficient (Wildman–Crippen LogP) is 2.86. The summed E-state index contributed by atoms with van der Waals surface area (Å²) in [6.07, 6.45) is 3.94. The zero-order valence-electron chi connectivity index (χ0n) is 16.2. The highest BCUT2D eigenvalue weighted by atomic mass is 32.2. The third-order valence-corrected chi connectivity index (χ3v) is 7.54. The number of carbonyl (C=O) groups excluding carboxylic acids is 1. The van der Waals surface area contributed by atoms with Crippen molar-refractivity contribution in [1.29, 1.82) is 0 Å². The third-order valence-electron chi connectivity index (χ3n) is 5.82. The van der Waals surface area contributed by atoms with E-state index in [0.717, 1.165) is 37.1 Å². The first-order valence-electron chi connectivity index (χ1n) is 9.75. The van der Waals surface area contributed by atoms with Crippen LogP contribution in [0.4, 0.5) is 11.4 Å². The fraction of sp³-hybridized carbons (Fsp3) is 0.650. The number of benzene rings is 1. The lowest BCUT2D eigenvalue weighted by Gasteiger charge is -2.41. The molecule has 7 heteroatoms. The molecule has 2 fully saturated rings. The number of rotatable bonds is 7. The van der Waals surface area contributed by atoms with E-state index >= 15 is 0 Å². The van der Waals surface area contributed by atoms with Gasteiger partial charge in [0.1, 0.15) is 15.4 Å². The molecule has 1 aliphatic carbocycles. The maximum absolute atomic E-state index is 11.8. The van der Waals surface area contributed by atoms with Crippen LogP contribution in [0.5, 0.6) is 0 Å². The minimum absolute atomic E-state index is 0.174. The van der Waals surface area contributed by atoms with Crippen molar-refractivity contribution in [3.05, 3.63) is 23.8 Å². The second-order valence-electron chi connectivity index (χ2n) is 8.26. The number of ether oxygens (including phenoxy) is 1. The van der Waals surface area contributed by atoms with E-state index in [-0.39, 0.29) is 17.5 Å². The summed E-state index contributed by atoms with van der Waals surface area (Å²) in [4.78, 5) is 13.2. The van der Waals surface area contributed by atoms with Crippen LogP contribution in [0, 0.1) is 5.92 Å². The smallest absolute Gasteiger partial charge is 0.293 e. The Labute approximate surface area is 162 Å². The van der Waals surface area contributed by atoms with E-state index < -0.39 is 15.4 Å². The van der Waals surface area contributed by atoms with Crippen LogP contribution in [-0.4, -0.2) is 39.0 Å². The Morgan fingerprint density at radius 1 is 1.30 bits per heavy atom. The van der Waals surface area contributed by atoms with Crippen LogP contribution >= 0.6 is 0 Å². The quantitative estimate of drug-likeness (QED) is 0.565. The van der Waals surface area contributed by atoms with Gasteiger partial charge < -0.3 is 15.4 Å². The van der Waals surface area contributed by atoms with E-state index in [4.69, 9.17) is 10.5 Å². The summed E-state index contributed by atoms with van der Waals surface area (Å²) in [5.41, 5.74) is 8.43. The lowest BCUT2D eigenvalue weighted by Crippen LogP contribution is -2.43. The van der Waals surface area contributed by atoms with E-state index in [1.165, 1.54) is 0 Å². The number of nitrogens with zero attached hydrogens (tertiary/aromatic N) is 1. The van der Waals surface area contributed by atoms with Gasteiger partial charge in [-0.1, -0.05) is 19.9 Å². The van der Waals surface area contributed by atoms with E-state index in [1.54, 1.807) is 0 Å². The van der Waals surface area contributed by atoms with Crippen LogP contribution in [0.1, 0.15) is 51.5 Å². The minimum atomic E-state index is -2.91. The predicted molar refractivity (Wildman–Crippen MR) is 107 cm³/mol. The molecule has 1 aromatic carbocycles. The van der Waals surface area contributed by atoms with Gasteiger partial charge in [-0.3, -0.25) is 4.79 Å². The van der Waals surface area contributed by atoms with Crippen molar-refractivity contribution in [2.45, 2.75) is 57.6 Å². The van der Waals surface area contributed by atoms with Crippen LogP contribution in [0.2, 0.25) is 0 Å². The molecule has 1 saturated heterocycles. The highest BCUT2D eigenvalue weighted by molar-refractivity contribution is 7.91. The Balaban J connectivity index is 1.87. The standard InChI is InChI=1S/C20H30N2O4S/c1-15(2)13-22(17-6-10-27(24,25)11-7-17)19-5-4-16(12-18(19)21)20(26-14-23)8-3-9-20/h4-5,12,14-15,17H,3,6-11,13,21H2,1-2H3. The molecular weight excluding hydrogens is 364 g/mol. The first-order valence-corrected chi connectivity index (χ1v) is 11.6. The van der Waals surface area contributed by atoms with Crippen molar-refractivity contribution < 1.29 is 17.9 Å². The van der Waals surface area contributed by atoms with Gasteiger partial charge in [-0.2, -0.15) is 0 Å². The van der Waals surface area contributed by atoms with Crippen LogP contribution < -0.4 is 10.6 Å². The summed E-state index contributed by atoms with van der Waals surface area (Å²) in [5, 5.41) is 0. The highest BCUT2D eigenvalue weighted by Crippen LogP contribution is 2.46. The van der Waals surface area contributed by atoms with Gasteiger partial charge in [-0.15, -0.1) is 0 Å². The number of anilines is 2. The topological polar surface area (TPSA) is 89.7 Å². The maximum atomic E-state index is 11.8. The highest BCUT2D eigenvalue weighted by Gasteiger charge is 2.41. The molecule has 1 aliphatic heterocycles. The van der Waals surface area contributed by atoms with Gasteiger partial charge in [-0.05, 0) is 55.7 Å². The lowest BCUT2D eigenvalue weighted by atomic mass is 9.74. The molecule has 1 aromatic rings. The number of carbonyl (C=O) groups is 1. The fourth-order valence-electron chi connectivity index (χ4n) is 4.19. The number of nitrogen functional groups attached to an aromatic ring is 1. The molecule has 0 radical (unpaired) electrons. The van der Waals surface area contributed by atoms with Gasteiger partial charge in [-0.25, -0.2) is 8.42 Å². The third kappa shape index (κ3) is 4.23. The molecule has 27 heavy (non-hydrogen) atoms. The molecule has 0 amide bonds. The first-order chi connectivity index (χ1) is 12.8. The van der Waals surface area contributed by atoms with Crippen LogP contribution in [0.15, 0.2) is 18.2 Å². The molecule has 2 aliphatic rings. The summed E-state index contributed by atoms with van der Waals surface area (Å²) >= 11 is 0. The van der Waals surface area contributed by atoms with E-state index in [0.29, 0.717) is 30.9 Å². The molecule has 0 spiro atoms. The largest absolute Gasteiger partial charge is 0.456 e. The average Bonchev–Trinajstić information content (AvgIpc) is 2.56. The molecule has 3 rings (SSSR count). The summed E-state index contributed by atoms with van der Waals surface area (Å²) in [6, 6.07) is 6.10. The van der Waals surface area contributed by atoms with Gasteiger partial charge in [0.15, 0.2) is 0 Å². The van der Waals surface area contributed by atoms with Crippen molar-refractivity contribution in [3.63, 3.8) is 0 Å². The van der Waals surface area contributed by atoms with Gasteiger partial charge in [0.2, 0.25) is 0 Å². The van der Waals surface area contributed by atoms with E-state index in [2.05, 4.69) is 18.7 Å². The lowest BCUT2D eigenvalue weighted by molar-refractivity contribution is -0.155. The zero-order chi connectivity index (χ0) is 19.7. The number of sulfone groups is 1. The normalized spacial score (nSPS) is 21.4. The van der Waals surface area contributed by atoms with Gasteiger partial charge in [0.25, 0.3) is 6.47 Å². The molecular formula is C20H30N2O4S. The molecule has 0 bridgehead atoms. The second kappa shape index (κ2) is 7.70. The van der Waals surface area contributed by atoms with Crippen LogP contribution in [-0.2, 0) is 25.0 Å². The molecule has 0 unspecified atom stereocenters. The molecule has 0 aromatic heterocycles. The molecule has 0 atom stereocenters. The molecule has 1 saturated carbocycles. The van der Waals surface area contributed by atoms with Gasteiger partial charge in [0.05, 0.1) is 22.9 Å². The van der Waals surface area contributed by atoms with Crippen molar-refractivity contribution >= 4 is 27.7 Å². The Bertz CT molecular complexity index is 773. The first kappa shape index (κ1) is 20.0. The SMILES string of the molecule is CC(C)CN(c1ccc(C2(OC=O)CCC2)cc1N)C1CCS(=O)(=O)CC1. The van der Waals surface area contributed by atoms with Gasteiger partial charge >= 0.3 is 0 Å². The Morgan fingerprint density at radius 3 is 2.44 bits per heavy atom. The zero-order valence-corrected chi connectivity index (χ0v) is 17.0. The summed E-state index contributed by atoms with van der Waals surface area (Å²) in [6.45, 7) is 5.65. The second-order valence-corrected chi connectivity index (χ2v) is 10.6. The number of hydrogen-bond acceptors (Lipinski definition) is 6. The average molecular weight is 395 g/mol.